The summed E-state index contributed by atoms with van der Waals surface area (Å²) in [6.45, 7) is 2.56. The van der Waals surface area contributed by atoms with Gasteiger partial charge in [0.05, 0.1) is 0 Å². The van der Waals surface area contributed by atoms with E-state index in [-0.39, 0.29) is 12.2 Å². The van der Waals surface area contributed by atoms with E-state index < -0.39 is 0 Å². The number of carbonyl (C=O) groups is 1. The molecular formula is C10H17NO2. The molecule has 0 heterocycles. The molecule has 3 unspecified atom stereocenters. The highest BCUT2D eigenvalue weighted by atomic mass is 16.6. The molecule has 2 aliphatic rings. The van der Waals surface area contributed by atoms with E-state index in [1.807, 2.05) is 6.92 Å². The van der Waals surface area contributed by atoms with Crippen LogP contribution in [0.5, 0.6) is 0 Å². The molecule has 2 bridgehead atoms. The molecule has 2 fully saturated rings. The van der Waals surface area contributed by atoms with Crippen LogP contribution in [0.2, 0.25) is 0 Å². The van der Waals surface area contributed by atoms with Crippen molar-refractivity contribution < 1.29 is 9.53 Å². The highest BCUT2D eigenvalue weighted by molar-refractivity contribution is 5.67. The molecule has 0 aromatic carbocycles. The second-order valence-electron chi connectivity index (χ2n) is 4.15. The van der Waals surface area contributed by atoms with Gasteiger partial charge in [0.2, 0.25) is 0 Å². The minimum atomic E-state index is -0.236. The van der Waals surface area contributed by atoms with Gasteiger partial charge in [0.25, 0.3) is 0 Å². The molecule has 0 radical (unpaired) electrons. The van der Waals surface area contributed by atoms with Crippen molar-refractivity contribution in [3.63, 3.8) is 0 Å². The Balaban J connectivity index is 1.79. The zero-order valence-corrected chi connectivity index (χ0v) is 8.08. The highest BCUT2D eigenvalue weighted by Gasteiger charge is 2.41. The number of alkyl carbamates (subject to hydrolysis) is 1. The summed E-state index contributed by atoms with van der Waals surface area (Å²) in [5.74, 6) is 1.50. The van der Waals surface area contributed by atoms with Crippen LogP contribution in [0.15, 0.2) is 0 Å². The van der Waals surface area contributed by atoms with Gasteiger partial charge in [-0.25, -0.2) is 4.79 Å². The summed E-state index contributed by atoms with van der Waals surface area (Å²) in [5.41, 5.74) is 0. The lowest BCUT2D eigenvalue weighted by molar-refractivity contribution is 0.0653. The largest absolute Gasteiger partial charge is 0.446 e. The van der Waals surface area contributed by atoms with Crippen LogP contribution in [0.1, 0.15) is 32.6 Å². The number of hydrogen-bond acceptors (Lipinski definition) is 2. The van der Waals surface area contributed by atoms with Crippen molar-refractivity contribution in [2.75, 3.05) is 6.54 Å². The van der Waals surface area contributed by atoms with Crippen LogP contribution in [-0.4, -0.2) is 18.7 Å². The molecule has 13 heavy (non-hydrogen) atoms. The molecule has 74 valence electrons. The predicted octanol–water partition coefficient (Wildman–Crippen LogP) is 1.92. The Kier molecular flexibility index (Phi) is 2.42. The van der Waals surface area contributed by atoms with E-state index >= 15 is 0 Å². The SMILES string of the molecule is CCNC(=O)OC1CC2CCC1C2. The van der Waals surface area contributed by atoms with E-state index in [1.165, 1.54) is 19.3 Å². The normalized spacial score (nSPS) is 36.2. The molecular weight excluding hydrogens is 166 g/mol. The summed E-state index contributed by atoms with van der Waals surface area (Å²) in [7, 11) is 0. The van der Waals surface area contributed by atoms with E-state index in [0.29, 0.717) is 12.5 Å². The standard InChI is InChI=1S/C10H17NO2/c1-2-11-10(12)13-9-6-7-3-4-8(9)5-7/h7-9H,2-6H2,1H3,(H,11,12). The third kappa shape index (κ3) is 1.79. The van der Waals surface area contributed by atoms with E-state index in [2.05, 4.69) is 5.32 Å². The lowest BCUT2D eigenvalue weighted by Gasteiger charge is -2.21. The van der Waals surface area contributed by atoms with Crippen LogP contribution in [0.4, 0.5) is 4.79 Å². The van der Waals surface area contributed by atoms with Crippen LogP contribution in [0.25, 0.3) is 0 Å². The molecule has 3 heteroatoms. The van der Waals surface area contributed by atoms with Crippen molar-refractivity contribution in [2.45, 2.75) is 38.7 Å². The van der Waals surface area contributed by atoms with Gasteiger partial charge in [0, 0.05) is 6.54 Å². The third-order valence-corrected chi connectivity index (χ3v) is 3.25. The third-order valence-electron chi connectivity index (χ3n) is 3.25. The minimum Gasteiger partial charge on any atom is -0.446 e. The summed E-state index contributed by atoms with van der Waals surface area (Å²) in [6.07, 6.45) is 4.96. The molecule has 2 rings (SSSR count). The number of carbonyl (C=O) groups excluding carboxylic acids is 1. The average Bonchev–Trinajstić information content (AvgIpc) is 2.65. The number of amides is 1. The average molecular weight is 183 g/mol. The van der Waals surface area contributed by atoms with Crippen molar-refractivity contribution in [3.05, 3.63) is 0 Å². The van der Waals surface area contributed by atoms with Crippen molar-refractivity contribution in [1.29, 1.82) is 0 Å². The number of rotatable bonds is 2. The van der Waals surface area contributed by atoms with Gasteiger partial charge in [-0.1, -0.05) is 0 Å². The van der Waals surface area contributed by atoms with Gasteiger partial charge in [-0.2, -0.15) is 0 Å². The van der Waals surface area contributed by atoms with E-state index in [4.69, 9.17) is 4.74 Å². The first-order valence-corrected chi connectivity index (χ1v) is 5.24. The second kappa shape index (κ2) is 3.56. The smallest absolute Gasteiger partial charge is 0.407 e. The van der Waals surface area contributed by atoms with Gasteiger partial charge in [-0.3, -0.25) is 0 Å². The van der Waals surface area contributed by atoms with Crippen LogP contribution in [-0.2, 0) is 4.74 Å². The molecule has 0 aliphatic heterocycles. The van der Waals surface area contributed by atoms with Gasteiger partial charge in [0.1, 0.15) is 6.10 Å². The van der Waals surface area contributed by atoms with Crippen molar-refractivity contribution in [2.24, 2.45) is 11.8 Å². The zero-order valence-electron chi connectivity index (χ0n) is 8.08. The first-order chi connectivity index (χ1) is 6.29. The van der Waals surface area contributed by atoms with E-state index in [0.717, 1.165) is 12.3 Å². The molecule has 0 spiro atoms. The maximum Gasteiger partial charge on any atom is 0.407 e. The van der Waals surface area contributed by atoms with E-state index in [1.54, 1.807) is 0 Å². The fourth-order valence-electron chi connectivity index (χ4n) is 2.65. The Hall–Kier alpha value is -0.730. The second-order valence-corrected chi connectivity index (χ2v) is 4.15. The summed E-state index contributed by atoms with van der Waals surface area (Å²) in [5, 5.41) is 2.67. The number of fused-ring (bicyclic) bond motifs is 2. The quantitative estimate of drug-likeness (QED) is 0.710. The monoisotopic (exact) mass is 183 g/mol. The maximum absolute atomic E-state index is 11.1. The van der Waals surface area contributed by atoms with Crippen LogP contribution >= 0.6 is 0 Å². The molecule has 1 amide bonds. The number of ether oxygens (including phenoxy) is 1. The Morgan fingerprint density at radius 1 is 1.46 bits per heavy atom. The summed E-state index contributed by atoms with van der Waals surface area (Å²) < 4.78 is 5.34. The molecule has 1 N–H and O–H groups in total. The summed E-state index contributed by atoms with van der Waals surface area (Å²) in [4.78, 5) is 11.1. The number of nitrogens with one attached hydrogen (secondary N) is 1. The molecule has 2 aliphatic carbocycles. The molecule has 0 saturated heterocycles. The van der Waals surface area contributed by atoms with Gasteiger partial charge in [-0.05, 0) is 44.4 Å². The molecule has 3 atom stereocenters. The van der Waals surface area contributed by atoms with Crippen molar-refractivity contribution in [3.8, 4) is 0 Å². The van der Waals surface area contributed by atoms with Crippen LogP contribution in [0, 0.1) is 11.8 Å². The van der Waals surface area contributed by atoms with Crippen molar-refractivity contribution in [1.82, 2.24) is 5.32 Å². The van der Waals surface area contributed by atoms with E-state index in [9.17, 15) is 4.79 Å². The Labute approximate surface area is 78.8 Å². The number of hydrogen-bond donors (Lipinski definition) is 1. The minimum absolute atomic E-state index is 0.213. The lowest BCUT2D eigenvalue weighted by atomic mass is 9.98. The first kappa shape index (κ1) is 8.85. The fourth-order valence-corrected chi connectivity index (χ4v) is 2.65. The fraction of sp³-hybridized carbons (Fsp3) is 0.900. The van der Waals surface area contributed by atoms with Gasteiger partial charge in [-0.15, -0.1) is 0 Å². The molecule has 0 aromatic heterocycles. The van der Waals surface area contributed by atoms with Crippen LogP contribution < -0.4 is 5.32 Å². The maximum atomic E-state index is 11.1. The molecule has 2 saturated carbocycles. The summed E-state index contributed by atoms with van der Waals surface area (Å²) in [6, 6.07) is 0. The molecule has 3 nitrogen and oxygen atoms in total. The Bertz CT molecular complexity index is 205. The van der Waals surface area contributed by atoms with Crippen LogP contribution in [0.3, 0.4) is 0 Å². The first-order valence-electron chi connectivity index (χ1n) is 5.24. The highest BCUT2D eigenvalue weighted by Crippen LogP contribution is 2.45. The topological polar surface area (TPSA) is 38.3 Å². The molecule has 0 aromatic rings. The summed E-state index contributed by atoms with van der Waals surface area (Å²) >= 11 is 0. The lowest BCUT2D eigenvalue weighted by Crippen LogP contribution is -2.31. The van der Waals surface area contributed by atoms with Crippen molar-refractivity contribution >= 4 is 6.09 Å². The van der Waals surface area contributed by atoms with Gasteiger partial charge < -0.3 is 10.1 Å². The Morgan fingerprint density at radius 2 is 2.31 bits per heavy atom. The van der Waals surface area contributed by atoms with Gasteiger partial charge >= 0.3 is 6.09 Å². The van der Waals surface area contributed by atoms with Gasteiger partial charge in [0.15, 0.2) is 0 Å². The zero-order chi connectivity index (χ0) is 9.26. The predicted molar refractivity (Wildman–Crippen MR) is 49.4 cm³/mol. The Morgan fingerprint density at radius 3 is 2.85 bits per heavy atom.